The van der Waals surface area contributed by atoms with Gasteiger partial charge < -0.3 is 15.4 Å². The Morgan fingerprint density at radius 3 is 2.79 bits per heavy atom. The van der Waals surface area contributed by atoms with Gasteiger partial charge >= 0.3 is 0 Å². The molecular formula is C17H23N5O2. The molecule has 1 aliphatic heterocycles. The third kappa shape index (κ3) is 3.12. The van der Waals surface area contributed by atoms with Crippen molar-refractivity contribution in [3.8, 4) is 5.75 Å². The highest BCUT2D eigenvalue weighted by Crippen LogP contribution is 2.23. The summed E-state index contributed by atoms with van der Waals surface area (Å²) in [6, 6.07) is 5.78. The standard InChI is InChI=1S/C17H23N5O2/c1-5-12-9(2)18-17(21-15(12)23)22-16-19-10(3)13-8-11(24-4)6-7-14(13)20-16/h6-9,12,17-18H,5H2,1-4H3,(H,21,23)(H,19,20,22). The van der Waals surface area contributed by atoms with Crippen molar-refractivity contribution < 1.29 is 9.53 Å². The van der Waals surface area contributed by atoms with Crippen LogP contribution in [0.25, 0.3) is 10.9 Å². The lowest BCUT2D eigenvalue weighted by molar-refractivity contribution is -0.129. The van der Waals surface area contributed by atoms with Gasteiger partial charge in [-0.3, -0.25) is 10.1 Å². The molecule has 0 spiro atoms. The fourth-order valence-electron chi connectivity index (χ4n) is 3.10. The Morgan fingerprint density at radius 1 is 1.33 bits per heavy atom. The molecule has 1 aromatic heterocycles. The topological polar surface area (TPSA) is 88.2 Å². The van der Waals surface area contributed by atoms with Gasteiger partial charge in [-0.15, -0.1) is 0 Å². The van der Waals surface area contributed by atoms with E-state index in [1.165, 1.54) is 0 Å². The van der Waals surface area contributed by atoms with E-state index in [2.05, 4.69) is 25.9 Å². The van der Waals surface area contributed by atoms with Crippen molar-refractivity contribution in [1.82, 2.24) is 20.6 Å². The molecule has 1 amide bonds. The first-order valence-electron chi connectivity index (χ1n) is 8.17. The minimum absolute atomic E-state index is 0.0187. The molecule has 0 radical (unpaired) electrons. The number of aromatic nitrogens is 2. The second kappa shape index (κ2) is 6.60. The number of ether oxygens (including phenoxy) is 1. The predicted octanol–water partition coefficient (Wildman–Crippen LogP) is 1.78. The molecule has 0 bridgehead atoms. The second-order valence-corrected chi connectivity index (χ2v) is 6.07. The van der Waals surface area contributed by atoms with Crippen LogP contribution in [0.4, 0.5) is 5.95 Å². The zero-order valence-corrected chi connectivity index (χ0v) is 14.4. The summed E-state index contributed by atoms with van der Waals surface area (Å²) < 4.78 is 5.24. The van der Waals surface area contributed by atoms with Crippen LogP contribution in [0.5, 0.6) is 5.75 Å². The van der Waals surface area contributed by atoms with Crippen molar-refractivity contribution in [3.63, 3.8) is 0 Å². The maximum atomic E-state index is 12.1. The molecule has 2 heterocycles. The molecule has 7 nitrogen and oxygen atoms in total. The highest BCUT2D eigenvalue weighted by molar-refractivity contribution is 5.83. The van der Waals surface area contributed by atoms with Crippen LogP contribution in [0.3, 0.4) is 0 Å². The van der Waals surface area contributed by atoms with Crippen LogP contribution < -0.4 is 20.7 Å². The van der Waals surface area contributed by atoms with Gasteiger partial charge in [0.25, 0.3) is 0 Å². The van der Waals surface area contributed by atoms with E-state index in [0.29, 0.717) is 5.95 Å². The van der Waals surface area contributed by atoms with E-state index in [1.54, 1.807) is 7.11 Å². The molecule has 3 rings (SSSR count). The van der Waals surface area contributed by atoms with E-state index in [9.17, 15) is 4.79 Å². The lowest BCUT2D eigenvalue weighted by atomic mass is 9.95. The smallest absolute Gasteiger partial charge is 0.227 e. The number of methoxy groups -OCH3 is 1. The first-order chi connectivity index (χ1) is 11.5. The van der Waals surface area contributed by atoms with E-state index < -0.39 is 0 Å². The number of carbonyl (C=O) groups is 1. The van der Waals surface area contributed by atoms with E-state index in [-0.39, 0.29) is 24.2 Å². The Bertz CT molecular complexity index is 764. The number of fused-ring (bicyclic) bond motifs is 1. The molecule has 3 atom stereocenters. The van der Waals surface area contributed by atoms with Gasteiger partial charge in [-0.25, -0.2) is 9.97 Å². The van der Waals surface area contributed by atoms with Crippen LogP contribution in [0.2, 0.25) is 0 Å². The summed E-state index contributed by atoms with van der Waals surface area (Å²) in [5, 5.41) is 10.4. The Hall–Kier alpha value is -2.41. The third-order valence-corrected chi connectivity index (χ3v) is 4.46. The van der Waals surface area contributed by atoms with Crippen molar-refractivity contribution in [3.05, 3.63) is 23.9 Å². The lowest BCUT2D eigenvalue weighted by Crippen LogP contribution is -2.63. The van der Waals surface area contributed by atoms with Gasteiger partial charge in [-0.05, 0) is 38.5 Å². The van der Waals surface area contributed by atoms with Crippen LogP contribution in [-0.2, 0) is 4.79 Å². The zero-order chi connectivity index (χ0) is 17.3. The van der Waals surface area contributed by atoms with Gasteiger partial charge in [-0.2, -0.15) is 0 Å². The van der Waals surface area contributed by atoms with Crippen molar-refractivity contribution in [1.29, 1.82) is 0 Å². The number of anilines is 1. The Balaban J connectivity index is 1.82. The molecule has 1 aromatic carbocycles. The summed E-state index contributed by atoms with van der Waals surface area (Å²) in [6.45, 7) is 5.96. The van der Waals surface area contributed by atoms with Gasteiger partial charge in [0.05, 0.1) is 24.2 Å². The molecule has 3 unspecified atom stereocenters. The van der Waals surface area contributed by atoms with E-state index in [4.69, 9.17) is 4.74 Å². The fourth-order valence-corrected chi connectivity index (χ4v) is 3.10. The second-order valence-electron chi connectivity index (χ2n) is 6.07. The Labute approximate surface area is 141 Å². The number of hydrogen-bond donors (Lipinski definition) is 3. The average Bonchev–Trinajstić information content (AvgIpc) is 2.54. The number of carbonyl (C=O) groups excluding carboxylic acids is 1. The lowest BCUT2D eigenvalue weighted by Gasteiger charge is -2.35. The number of rotatable bonds is 4. The van der Waals surface area contributed by atoms with Crippen molar-refractivity contribution in [2.75, 3.05) is 12.4 Å². The summed E-state index contributed by atoms with van der Waals surface area (Å²) in [5.41, 5.74) is 1.68. The van der Waals surface area contributed by atoms with Gasteiger partial charge in [0.15, 0.2) is 6.29 Å². The average molecular weight is 329 g/mol. The van der Waals surface area contributed by atoms with E-state index in [0.717, 1.165) is 28.8 Å². The maximum absolute atomic E-state index is 12.1. The summed E-state index contributed by atoms with van der Waals surface area (Å²) in [7, 11) is 1.63. The molecule has 7 heteroatoms. The Kier molecular flexibility index (Phi) is 4.53. The Morgan fingerprint density at radius 2 is 2.12 bits per heavy atom. The summed E-state index contributed by atoms with van der Waals surface area (Å²) >= 11 is 0. The third-order valence-electron chi connectivity index (χ3n) is 4.46. The molecule has 1 saturated heterocycles. The minimum atomic E-state index is -0.384. The molecule has 0 aliphatic carbocycles. The van der Waals surface area contributed by atoms with Crippen LogP contribution in [0.15, 0.2) is 18.2 Å². The van der Waals surface area contributed by atoms with Gasteiger partial charge in [0.2, 0.25) is 11.9 Å². The first kappa shape index (κ1) is 16.4. The van der Waals surface area contributed by atoms with Gasteiger partial charge in [-0.1, -0.05) is 6.92 Å². The summed E-state index contributed by atoms with van der Waals surface area (Å²) in [4.78, 5) is 21.2. The molecule has 1 fully saturated rings. The molecule has 24 heavy (non-hydrogen) atoms. The van der Waals surface area contributed by atoms with Crippen molar-refractivity contribution >= 4 is 22.8 Å². The highest BCUT2D eigenvalue weighted by atomic mass is 16.5. The summed E-state index contributed by atoms with van der Waals surface area (Å²) in [6.07, 6.45) is 0.422. The molecule has 3 N–H and O–H groups in total. The fraction of sp³-hybridized carbons (Fsp3) is 0.471. The maximum Gasteiger partial charge on any atom is 0.227 e. The molecule has 128 valence electrons. The highest BCUT2D eigenvalue weighted by Gasteiger charge is 2.32. The van der Waals surface area contributed by atoms with E-state index >= 15 is 0 Å². The number of nitrogens with one attached hydrogen (secondary N) is 3. The molecular weight excluding hydrogens is 306 g/mol. The largest absolute Gasteiger partial charge is 0.497 e. The van der Waals surface area contributed by atoms with Gasteiger partial charge in [0, 0.05) is 11.4 Å². The minimum Gasteiger partial charge on any atom is -0.497 e. The van der Waals surface area contributed by atoms with Gasteiger partial charge in [0.1, 0.15) is 5.75 Å². The number of nitrogens with zero attached hydrogens (tertiary/aromatic N) is 2. The van der Waals surface area contributed by atoms with Crippen molar-refractivity contribution in [2.24, 2.45) is 5.92 Å². The van der Waals surface area contributed by atoms with Crippen LogP contribution >= 0.6 is 0 Å². The number of amides is 1. The zero-order valence-electron chi connectivity index (χ0n) is 14.4. The first-order valence-corrected chi connectivity index (χ1v) is 8.17. The monoisotopic (exact) mass is 329 g/mol. The van der Waals surface area contributed by atoms with Crippen molar-refractivity contribution in [2.45, 2.75) is 39.5 Å². The number of benzene rings is 1. The van der Waals surface area contributed by atoms with Crippen LogP contribution in [-0.4, -0.2) is 35.3 Å². The predicted molar refractivity (Wildman–Crippen MR) is 92.8 cm³/mol. The quantitative estimate of drug-likeness (QED) is 0.792. The molecule has 2 aromatic rings. The molecule has 0 saturated carbocycles. The SMILES string of the molecule is CCC1C(=O)NC(Nc2nc(C)c3cc(OC)ccc3n2)NC1C. The number of hydrogen-bond acceptors (Lipinski definition) is 6. The molecule has 1 aliphatic rings. The van der Waals surface area contributed by atoms with E-state index in [1.807, 2.05) is 39.0 Å². The van der Waals surface area contributed by atoms with Crippen LogP contribution in [0.1, 0.15) is 26.0 Å². The van der Waals surface area contributed by atoms with Crippen LogP contribution in [0, 0.1) is 12.8 Å². The normalized spacial score (nSPS) is 23.8. The number of aryl methyl sites for hydroxylation is 1. The summed E-state index contributed by atoms with van der Waals surface area (Å²) in [5.74, 6) is 1.28.